The van der Waals surface area contributed by atoms with E-state index >= 15 is 0 Å². The summed E-state index contributed by atoms with van der Waals surface area (Å²) in [5.41, 5.74) is -1.26. The fourth-order valence-corrected chi connectivity index (χ4v) is 3.12. The molecule has 5 nitrogen and oxygen atoms in total. The van der Waals surface area contributed by atoms with Crippen LogP contribution < -0.4 is 0 Å². The van der Waals surface area contributed by atoms with Gasteiger partial charge in [0.1, 0.15) is 0 Å². The van der Waals surface area contributed by atoms with Crippen molar-refractivity contribution in [3.8, 4) is 0 Å². The van der Waals surface area contributed by atoms with Gasteiger partial charge in [0.25, 0.3) is 0 Å². The third kappa shape index (κ3) is 2.61. The van der Waals surface area contributed by atoms with E-state index < -0.39 is 22.8 Å². The van der Waals surface area contributed by atoms with Crippen molar-refractivity contribution in [2.45, 2.75) is 32.1 Å². The predicted molar refractivity (Wildman–Crippen MR) is 82.3 cm³/mol. The standard InChI is InChI=1S/C15H18O5.C2H6/c1-19-12(17)15(13(18)20-2)10-14(15,8-9-16)11-6-4-3-5-7-11;1-2/h3-7,16H,8-10H2,1-2H3;1-2H3. The van der Waals surface area contributed by atoms with Gasteiger partial charge in [0.15, 0.2) is 5.41 Å². The van der Waals surface area contributed by atoms with Crippen LogP contribution in [0.4, 0.5) is 0 Å². The lowest BCUT2D eigenvalue weighted by Crippen LogP contribution is -2.36. The highest BCUT2D eigenvalue weighted by Crippen LogP contribution is 2.67. The Kier molecular flexibility index (Phi) is 6.11. The number of rotatable bonds is 5. The number of esters is 2. The molecule has 0 heterocycles. The molecule has 2 rings (SSSR count). The minimum absolute atomic E-state index is 0.120. The molecule has 1 aliphatic carbocycles. The molecule has 1 unspecified atom stereocenters. The van der Waals surface area contributed by atoms with Crippen LogP contribution in [0.1, 0.15) is 32.3 Å². The molecule has 1 atom stereocenters. The molecule has 1 aromatic carbocycles. The Morgan fingerprint density at radius 2 is 1.59 bits per heavy atom. The number of methoxy groups -OCH3 is 2. The first-order chi connectivity index (χ1) is 10.6. The van der Waals surface area contributed by atoms with Gasteiger partial charge in [-0.2, -0.15) is 0 Å². The highest BCUT2D eigenvalue weighted by atomic mass is 16.5. The van der Waals surface area contributed by atoms with Crippen molar-refractivity contribution in [1.82, 2.24) is 0 Å². The van der Waals surface area contributed by atoms with E-state index in [4.69, 9.17) is 9.47 Å². The summed E-state index contributed by atoms with van der Waals surface area (Å²) in [6.45, 7) is 3.88. The van der Waals surface area contributed by atoms with Crippen LogP contribution in [0.15, 0.2) is 30.3 Å². The van der Waals surface area contributed by atoms with Crippen LogP contribution in [0.5, 0.6) is 0 Å². The average Bonchev–Trinajstić information content (AvgIpc) is 3.27. The largest absolute Gasteiger partial charge is 0.468 e. The van der Waals surface area contributed by atoms with Gasteiger partial charge in [0, 0.05) is 12.0 Å². The van der Waals surface area contributed by atoms with Crippen molar-refractivity contribution in [2.75, 3.05) is 20.8 Å². The van der Waals surface area contributed by atoms with Crippen molar-refractivity contribution in [3.05, 3.63) is 35.9 Å². The molecule has 0 radical (unpaired) electrons. The quantitative estimate of drug-likeness (QED) is 0.666. The Morgan fingerprint density at radius 1 is 1.09 bits per heavy atom. The third-order valence-electron chi connectivity index (χ3n) is 4.19. The van der Waals surface area contributed by atoms with Crippen molar-refractivity contribution >= 4 is 11.9 Å². The van der Waals surface area contributed by atoms with Crippen LogP contribution >= 0.6 is 0 Å². The molecule has 1 N–H and O–H groups in total. The first kappa shape index (κ1) is 18.2. The molecule has 0 aliphatic heterocycles. The Balaban J connectivity index is 0.00000116. The smallest absolute Gasteiger partial charge is 0.324 e. The van der Waals surface area contributed by atoms with Gasteiger partial charge in [-0.25, -0.2) is 0 Å². The fourth-order valence-electron chi connectivity index (χ4n) is 3.12. The topological polar surface area (TPSA) is 72.8 Å². The molecule has 0 bridgehead atoms. The van der Waals surface area contributed by atoms with E-state index in [2.05, 4.69) is 0 Å². The highest BCUT2D eigenvalue weighted by molar-refractivity contribution is 6.06. The molecule has 0 spiro atoms. The number of ether oxygens (including phenoxy) is 2. The Morgan fingerprint density at radius 3 is 2.00 bits per heavy atom. The molecule has 0 saturated heterocycles. The summed E-state index contributed by atoms with van der Waals surface area (Å²) >= 11 is 0. The maximum Gasteiger partial charge on any atom is 0.324 e. The van der Waals surface area contributed by atoms with E-state index in [0.717, 1.165) is 5.56 Å². The Labute approximate surface area is 131 Å². The monoisotopic (exact) mass is 308 g/mol. The zero-order valence-electron chi connectivity index (χ0n) is 13.6. The van der Waals surface area contributed by atoms with Crippen LogP contribution in [-0.2, 0) is 24.5 Å². The molecular weight excluding hydrogens is 284 g/mol. The van der Waals surface area contributed by atoms with Gasteiger partial charge in [-0.05, 0) is 18.4 Å². The van der Waals surface area contributed by atoms with Gasteiger partial charge >= 0.3 is 11.9 Å². The molecule has 1 fully saturated rings. The number of carbonyl (C=O) groups is 2. The van der Waals surface area contributed by atoms with Crippen molar-refractivity contribution in [1.29, 1.82) is 0 Å². The third-order valence-corrected chi connectivity index (χ3v) is 4.19. The Bertz CT molecular complexity index is 495. The van der Waals surface area contributed by atoms with Crippen LogP contribution in [0.3, 0.4) is 0 Å². The number of benzene rings is 1. The summed E-state index contributed by atoms with van der Waals surface area (Å²) < 4.78 is 9.60. The van der Waals surface area contributed by atoms with Crippen molar-refractivity contribution < 1.29 is 24.2 Å². The van der Waals surface area contributed by atoms with Gasteiger partial charge < -0.3 is 14.6 Å². The first-order valence-electron chi connectivity index (χ1n) is 7.42. The van der Waals surface area contributed by atoms with Gasteiger partial charge in [-0.3, -0.25) is 9.59 Å². The van der Waals surface area contributed by atoms with E-state index in [9.17, 15) is 14.7 Å². The maximum absolute atomic E-state index is 12.2. The van der Waals surface area contributed by atoms with Gasteiger partial charge in [-0.1, -0.05) is 44.2 Å². The summed E-state index contributed by atoms with van der Waals surface area (Å²) in [6, 6.07) is 9.24. The van der Waals surface area contributed by atoms with Gasteiger partial charge in [-0.15, -0.1) is 0 Å². The summed E-state index contributed by atoms with van der Waals surface area (Å²) in [5, 5.41) is 9.34. The number of hydrogen-bond donors (Lipinski definition) is 1. The van der Waals surface area contributed by atoms with E-state index in [1.54, 1.807) is 0 Å². The zero-order valence-corrected chi connectivity index (χ0v) is 13.6. The van der Waals surface area contributed by atoms with Gasteiger partial charge in [0.05, 0.1) is 14.2 Å². The second kappa shape index (κ2) is 7.40. The molecular formula is C17H24O5. The summed E-state index contributed by atoms with van der Waals surface area (Å²) in [6.07, 6.45) is 0.602. The molecule has 1 aliphatic rings. The lowest BCUT2D eigenvalue weighted by molar-refractivity contribution is -0.162. The number of hydrogen-bond acceptors (Lipinski definition) is 5. The average molecular weight is 308 g/mol. The molecule has 5 heteroatoms. The van der Waals surface area contributed by atoms with Crippen molar-refractivity contribution in [3.63, 3.8) is 0 Å². The van der Waals surface area contributed by atoms with Crippen LogP contribution in [0.25, 0.3) is 0 Å². The molecule has 0 amide bonds. The Hall–Kier alpha value is -1.88. The second-order valence-electron chi connectivity index (χ2n) is 4.99. The molecule has 0 aromatic heterocycles. The normalized spacial score (nSPS) is 21.1. The van der Waals surface area contributed by atoms with E-state index in [1.165, 1.54) is 14.2 Å². The first-order valence-corrected chi connectivity index (χ1v) is 7.42. The lowest BCUT2D eigenvalue weighted by Gasteiger charge is -2.22. The summed E-state index contributed by atoms with van der Waals surface area (Å²) in [5.74, 6) is -1.22. The lowest BCUT2D eigenvalue weighted by atomic mass is 9.83. The molecule has 122 valence electrons. The van der Waals surface area contributed by atoms with E-state index in [0.29, 0.717) is 12.8 Å². The maximum atomic E-state index is 12.2. The molecule has 1 aromatic rings. The fraction of sp³-hybridized carbons (Fsp3) is 0.529. The number of aliphatic hydroxyl groups is 1. The van der Waals surface area contributed by atoms with Crippen LogP contribution in [0, 0.1) is 5.41 Å². The van der Waals surface area contributed by atoms with E-state index in [-0.39, 0.29) is 6.61 Å². The number of carbonyl (C=O) groups excluding carboxylic acids is 2. The minimum atomic E-state index is -1.35. The van der Waals surface area contributed by atoms with Crippen molar-refractivity contribution in [2.24, 2.45) is 5.41 Å². The second-order valence-corrected chi connectivity index (χ2v) is 4.99. The number of aliphatic hydroxyl groups excluding tert-OH is 1. The minimum Gasteiger partial charge on any atom is -0.468 e. The molecule has 22 heavy (non-hydrogen) atoms. The van der Waals surface area contributed by atoms with Gasteiger partial charge in [0.2, 0.25) is 0 Å². The van der Waals surface area contributed by atoms with Crippen LogP contribution in [0.2, 0.25) is 0 Å². The molecule has 1 saturated carbocycles. The predicted octanol–water partition coefficient (Wildman–Crippen LogP) is 2.07. The zero-order chi connectivity index (χ0) is 16.8. The SMILES string of the molecule is CC.COC(=O)C1(C(=O)OC)CC1(CCO)c1ccccc1. The highest BCUT2D eigenvalue weighted by Gasteiger charge is 2.78. The summed E-state index contributed by atoms with van der Waals surface area (Å²) in [4.78, 5) is 24.3. The van der Waals surface area contributed by atoms with E-state index in [1.807, 2.05) is 44.2 Å². The summed E-state index contributed by atoms with van der Waals surface area (Å²) in [7, 11) is 2.50. The van der Waals surface area contributed by atoms with Crippen LogP contribution in [-0.4, -0.2) is 37.9 Å².